The number of esters is 1. The molecule has 2 rings (SSSR count). The summed E-state index contributed by atoms with van der Waals surface area (Å²) in [6.45, 7) is 0. The predicted molar refractivity (Wildman–Crippen MR) is 65.1 cm³/mol. The van der Waals surface area contributed by atoms with Gasteiger partial charge in [0.2, 0.25) is 0 Å². The molecule has 3 nitrogen and oxygen atoms in total. The van der Waals surface area contributed by atoms with Crippen LogP contribution in [0.2, 0.25) is 0 Å². The molecule has 0 saturated heterocycles. The van der Waals surface area contributed by atoms with Crippen molar-refractivity contribution in [1.82, 2.24) is 0 Å². The van der Waals surface area contributed by atoms with Crippen molar-refractivity contribution >= 4 is 5.97 Å². The second kappa shape index (κ2) is 5.21. The number of methoxy groups -OCH3 is 2. The van der Waals surface area contributed by atoms with Crippen molar-refractivity contribution in [3.8, 4) is 5.75 Å². The van der Waals surface area contributed by atoms with Crippen LogP contribution < -0.4 is 4.74 Å². The highest BCUT2D eigenvalue weighted by Gasteiger charge is 2.31. The van der Waals surface area contributed by atoms with Crippen LogP contribution in [0.5, 0.6) is 5.75 Å². The lowest BCUT2D eigenvalue weighted by Gasteiger charge is -2.35. The minimum atomic E-state index is -0.0943. The smallest absolute Gasteiger partial charge is 0.305 e. The van der Waals surface area contributed by atoms with Crippen molar-refractivity contribution in [2.24, 2.45) is 5.92 Å². The van der Waals surface area contributed by atoms with Gasteiger partial charge in [0.05, 0.1) is 14.2 Å². The summed E-state index contributed by atoms with van der Waals surface area (Å²) >= 11 is 0. The van der Waals surface area contributed by atoms with Crippen molar-refractivity contribution in [2.75, 3.05) is 14.2 Å². The molecule has 0 spiro atoms. The molecule has 1 aliphatic rings. The molecule has 17 heavy (non-hydrogen) atoms. The van der Waals surface area contributed by atoms with E-state index in [1.54, 1.807) is 7.11 Å². The van der Waals surface area contributed by atoms with Gasteiger partial charge in [0, 0.05) is 6.42 Å². The SMILES string of the molecule is COC(=O)CC1CC(c2ccc(OC)cc2)C1. The van der Waals surface area contributed by atoms with Crippen LogP contribution in [0.3, 0.4) is 0 Å². The third-order valence-electron chi connectivity index (χ3n) is 3.51. The fourth-order valence-corrected chi connectivity index (χ4v) is 2.37. The summed E-state index contributed by atoms with van der Waals surface area (Å²) in [7, 11) is 3.12. The van der Waals surface area contributed by atoms with Gasteiger partial charge in [-0.1, -0.05) is 12.1 Å². The van der Waals surface area contributed by atoms with E-state index in [0.29, 0.717) is 18.3 Å². The molecule has 1 aromatic rings. The number of hydrogen-bond acceptors (Lipinski definition) is 3. The fraction of sp³-hybridized carbons (Fsp3) is 0.500. The molecule has 0 radical (unpaired) electrons. The molecule has 1 aromatic carbocycles. The Morgan fingerprint density at radius 3 is 2.41 bits per heavy atom. The Kier molecular flexibility index (Phi) is 3.67. The molecule has 1 saturated carbocycles. The first-order chi connectivity index (χ1) is 8.22. The van der Waals surface area contributed by atoms with E-state index in [1.807, 2.05) is 12.1 Å². The Labute approximate surface area is 102 Å². The third-order valence-corrected chi connectivity index (χ3v) is 3.51. The highest BCUT2D eigenvalue weighted by molar-refractivity contribution is 5.69. The van der Waals surface area contributed by atoms with Crippen LogP contribution in [0.15, 0.2) is 24.3 Å². The predicted octanol–water partition coefficient (Wildman–Crippen LogP) is 2.75. The molecular weight excluding hydrogens is 216 g/mol. The Bertz CT molecular complexity index is 377. The molecule has 1 fully saturated rings. The van der Waals surface area contributed by atoms with E-state index in [-0.39, 0.29) is 5.97 Å². The second-order valence-electron chi connectivity index (χ2n) is 4.59. The number of benzene rings is 1. The molecule has 0 bridgehead atoms. The lowest BCUT2D eigenvalue weighted by atomic mass is 9.70. The van der Waals surface area contributed by atoms with E-state index in [9.17, 15) is 4.79 Å². The lowest BCUT2D eigenvalue weighted by molar-refractivity contribution is -0.142. The van der Waals surface area contributed by atoms with Crippen LogP contribution in [-0.4, -0.2) is 20.2 Å². The summed E-state index contributed by atoms with van der Waals surface area (Å²) in [5.74, 6) is 1.88. The molecule has 3 heteroatoms. The average molecular weight is 234 g/mol. The number of ether oxygens (including phenoxy) is 2. The molecular formula is C14H18O3. The van der Waals surface area contributed by atoms with Gasteiger partial charge < -0.3 is 9.47 Å². The maximum Gasteiger partial charge on any atom is 0.305 e. The van der Waals surface area contributed by atoms with Crippen molar-refractivity contribution in [1.29, 1.82) is 0 Å². The molecule has 1 aliphatic carbocycles. The first-order valence-corrected chi connectivity index (χ1v) is 5.93. The molecule has 0 atom stereocenters. The van der Waals surface area contributed by atoms with Crippen LogP contribution in [0.1, 0.15) is 30.7 Å². The minimum Gasteiger partial charge on any atom is -0.497 e. The number of rotatable bonds is 4. The molecule has 92 valence electrons. The summed E-state index contributed by atoms with van der Waals surface area (Å²) in [5.41, 5.74) is 1.34. The minimum absolute atomic E-state index is 0.0943. The zero-order valence-electron chi connectivity index (χ0n) is 10.3. The van der Waals surface area contributed by atoms with Crippen LogP contribution in [0.4, 0.5) is 0 Å². The summed E-state index contributed by atoms with van der Waals surface area (Å²) in [4.78, 5) is 11.1. The van der Waals surface area contributed by atoms with Crippen LogP contribution >= 0.6 is 0 Å². The molecule has 0 unspecified atom stereocenters. The molecule has 0 amide bonds. The Balaban J connectivity index is 1.84. The summed E-state index contributed by atoms with van der Waals surface area (Å²) < 4.78 is 9.80. The maximum absolute atomic E-state index is 11.1. The van der Waals surface area contributed by atoms with Crippen molar-refractivity contribution in [2.45, 2.75) is 25.2 Å². The van der Waals surface area contributed by atoms with Crippen molar-refractivity contribution in [3.05, 3.63) is 29.8 Å². The highest BCUT2D eigenvalue weighted by Crippen LogP contribution is 2.43. The zero-order chi connectivity index (χ0) is 12.3. The van der Waals surface area contributed by atoms with E-state index < -0.39 is 0 Å². The van der Waals surface area contributed by atoms with Gasteiger partial charge in [-0.05, 0) is 42.4 Å². The van der Waals surface area contributed by atoms with E-state index in [2.05, 4.69) is 16.9 Å². The van der Waals surface area contributed by atoms with Crippen molar-refractivity contribution in [3.63, 3.8) is 0 Å². The summed E-state index contributed by atoms with van der Waals surface area (Å²) in [5, 5.41) is 0. The topological polar surface area (TPSA) is 35.5 Å². The van der Waals surface area contributed by atoms with Gasteiger partial charge in [0.15, 0.2) is 0 Å². The molecule has 0 N–H and O–H groups in total. The van der Waals surface area contributed by atoms with Crippen LogP contribution in [-0.2, 0) is 9.53 Å². The van der Waals surface area contributed by atoms with Gasteiger partial charge in [0.1, 0.15) is 5.75 Å². The Morgan fingerprint density at radius 1 is 1.24 bits per heavy atom. The van der Waals surface area contributed by atoms with Crippen LogP contribution in [0, 0.1) is 5.92 Å². The van der Waals surface area contributed by atoms with E-state index in [1.165, 1.54) is 12.7 Å². The average Bonchev–Trinajstić information content (AvgIpc) is 2.33. The standard InChI is InChI=1S/C14H18O3/c1-16-13-5-3-11(4-6-13)12-7-10(8-12)9-14(15)17-2/h3-6,10,12H,7-9H2,1-2H3. The van der Waals surface area contributed by atoms with Gasteiger partial charge >= 0.3 is 5.97 Å². The first-order valence-electron chi connectivity index (χ1n) is 5.93. The number of carbonyl (C=O) groups excluding carboxylic acids is 1. The normalized spacial score (nSPS) is 22.7. The highest BCUT2D eigenvalue weighted by atomic mass is 16.5. The zero-order valence-corrected chi connectivity index (χ0v) is 10.3. The van der Waals surface area contributed by atoms with Crippen LogP contribution in [0.25, 0.3) is 0 Å². The van der Waals surface area contributed by atoms with Crippen molar-refractivity contribution < 1.29 is 14.3 Å². The van der Waals surface area contributed by atoms with Gasteiger partial charge in [0.25, 0.3) is 0 Å². The molecule has 0 heterocycles. The van der Waals surface area contributed by atoms with Gasteiger partial charge in [-0.15, -0.1) is 0 Å². The molecule has 0 aromatic heterocycles. The number of hydrogen-bond donors (Lipinski definition) is 0. The maximum atomic E-state index is 11.1. The monoisotopic (exact) mass is 234 g/mol. The van der Waals surface area contributed by atoms with Gasteiger partial charge in [-0.2, -0.15) is 0 Å². The fourth-order valence-electron chi connectivity index (χ4n) is 2.37. The number of carbonyl (C=O) groups is 1. The van der Waals surface area contributed by atoms with E-state index in [4.69, 9.17) is 4.74 Å². The van der Waals surface area contributed by atoms with E-state index in [0.717, 1.165) is 18.6 Å². The molecule has 0 aliphatic heterocycles. The van der Waals surface area contributed by atoms with Gasteiger partial charge in [-0.25, -0.2) is 0 Å². The summed E-state index contributed by atoms with van der Waals surface area (Å²) in [6, 6.07) is 8.20. The lowest BCUT2D eigenvalue weighted by Crippen LogP contribution is -2.24. The quantitative estimate of drug-likeness (QED) is 0.751. The Morgan fingerprint density at radius 2 is 1.88 bits per heavy atom. The Hall–Kier alpha value is -1.51. The largest absolute Gasteiger partial charge is 0.497 e. The summed E-state index contributed by atoms with van der Waals surface area (Å²) in [6.07, 6.45) is 2.73. The first kappa shape index (κ1) is 12.0. The third kappa shape index (κ3) is 2.78. The van der Waals surface area contributed by atoms with E-state index >= 15 is 0 Å². The second-order valence-corrected chi connectivity index (χ2v) is 4.59. The van der Waals surface area contributed by atoms with Gasteiger partial charge in [-0.3, -0.25) is 4.79 Å².